The van der Waals surface area contributed by atoms with Gasteiger partial charge in [-0.3, -0.25) is 0 Å². The van der Waals surface area contributed by atoms with Gasteiger partial charge in [0.2, 0.25) is 0 Å². The van der Waals surface area contributed by atoms with Gasteiger partial charge < -0.3 is 19.0 Å². The monoisotopic (exact) mass is 362 g/mol. The van der Waals surface area contributed by atoms with Crippen LogP contribution in [0.4, 0.5) is 0 Å². The number of aliphatic hydroxyl groups is 1. The normalized spacial score (nSPS) is 33.1. The second kappa shape index (κ2) is 6.97. The maximum absolute atomic E-state index is 10.6. The lowest BCUT2D eigenvalue weighted by atomic mass is 9.88. The van der Waals surface area contributed by atoms with Crippen molar-refractivity contribution >= 4 is 8.32 Å². The highest BCUT2D eigenvalue weighted by molar-refractivity contribution is 6.74. The molecule has 1 saturated heterocycles. The van der Waals surface area contributed by atoms with E-state index in [-0.39, 0.29) is 23.2 Å². The minimum Gasteiger partial charge on any atom is -0.408 e. The summed E-state index contributed by atoms with van der Waals surface area (Å²) in [5, 5.41) is 10.7. The van der Waals surface area contributed by atoms with Crippen molar-refractivity contribution in [2.45, 2.75) is 63.5 Å². The van der Waals surface area contributed by atoms with Gasteiger partial charge in [0, 0.05) is 11.5 Å². The molecule has 1 heterocycles. The van der Waals surface area contributed by atoms with Crippen LogP contribution in [0.15, 0.2) is 42.5 Å². The molecular weight excluding hydrogens is 332 g/mol. The second-order valence-corrected chi connectivity index (χ2v) is 13.3. The Labute approximate surface area is 151 Å². The van der Waals surface area contributed by atoms with Crippen molar-refractivity contribution in [3.63, 3.8) is 0 Å². The van der Waals surface area contributed by atoms with Gasteiger partial charge >= 0.3 is 0 Å². The summed E-state index contributed by atoms with van der Waals surface area (Å²) in [6.07, 6.45) is 2.21. The summed E-state index contributed by atoms with van der Waals surface area (Å²) in [6.45, 7) is 11.6. The van der Waals surface area contributed by atoms with Crippen LogP contribution in [0, 0.1) is 5.92 Å². The van der Waals surface area contributed by atoms with E-state index >= 15 is 0 Å². The number of benzene rings is 1. The lowest BCUT2D eigenvalue weighted by Gasteiger charge is -2.47. The molecule has 1 aliphatic heterocycles. The third-order valence-corrected chi connectivity index (χ3v) is 10.1. The number of hydrogen-bond acceptors (Lipinski definition) is 4. The van der Waals surface area contributed by atoms with E-state index in [2.05, 4.69) is 33.9 Å². The maximum atomic E-state index is 10.6. The Morgan fingerprint density at radius 3 is 2.44 bits per heavy atom. The second-order valence-electron chi connectivity index (χ2n) is 8.56. The van der Waals surface area contributed by atoms with Crippen LogP contribution in [-0.2, 0) is 13.9 Å². The SMILES string of the molecule is CC(C)(C)[Si](C)(C)O[C@H]1[C@@H]2OC(c3ccccc3)OC[C@H]2C=C[C@@H]1O. The Morgan fingerprint density at radius 1 is 1.12 bits per heavy atom. The Bertz CT molecular complexity index is 608. The van der Waals surface area contributed by atoms with Gasteiger partial charge in [-0.1, -0.05) is 63.3 Å². The largest absolute Gasteiger partial charge is 0.408 e. The van der Waals surface area contributed by atoms with Crippen LogP contribution in [0.3, 0.4) is 0 Å². The van der Waals surface area contributed by atoms with Crippen molar-refractivity contribution in [1.29, 1.82) is 0 Å². The third-order valence-electron chi connectivity index (χ3n) is 5.67. The summed E-state index contributed by atoms with van der Waals surface area (Å²) in [6, 6.07) is 9.94. The molecule has 0 radical (unpaired) electrons. The summed E-state index contributed by atoms with van der Waals surface area (Å²) in [7, 11) is -2.03. The Kier molecular flexibility index (Phi) is 5.24. The first-order valence-electron chi connectivity index (χ1n) is 9.05. The van der Waals surface area contributed by atoms with Crippen molar-refractivity contribution in [3.8, 4) is 0 Å². The Hall–Kier alpha value is -0.983. The molecule has 1 aliphatic carbocycles. The van der Waals surface area contributed by atoms with Crippen LogP contribution < -0.4 is 0 Å². The van der Waals surface area contributed by atoms with Crippen LogP contribution in [0.2, 0.25) is 18.1 Å². The molecule has 1 aromatic carbocycles. The summed E-state index contributed by atoms with van der Waals surface area (Å²) in [4.78, 5) is 0. The van der Waals surface area contributed by atoms with E-state index in [0.29, 0.717) is 6.61 Å². The molecule has 0 amide bonds. The van der Waals surface area contributed by atoms with E-state index in [4.69, 9.17) is 13.9 Å². The molecule has 0 saturated carbocycles. The summed E-state index contributed by atoms with van der Waals surface area (Å²) in [5.41, 5.74) is 0.996. The number of ether oxygens (including phenoxy) is 2. The van der Waals surface area contributed by atoms with E-state index in [9.17, 15) is 5.11 Å². The number of aliphatic hydroxyl groups excluding tert-OH is 1. The predicted octanol–water partition coefficient (Wildman–Crippen LogP) is 4.04. The van der Waals surface area contributed by atoms with Crippen molar-refractivity contribution in [2.75, 3.05) is 6.61 Å². The van der Waals surface area contributed by atoms with Gasteiger partial charge in [0.1, 0.15) is 6.10 Å². The molecule has 0 bridgehead atoms. The Balaban J connectivity index is 1.81. The zero-order valence-corrected chi connectivity index (χ0v) is 16.8. The highest BCUT2D eigenvalue weighted by Crippen LogP contribution is 2.41. The molecule has 5 heteroatoms. The molecule has 3 rings (SSSR count). The molecule has 1 aromatic rings. The fourth-order valence-corrected chi connectivity index (χ4v) is 4.37. The first kappa shape index (κ1) is 18.8. The van der Waals surface area contributed by atoms with Gasteiger partial charge in [0.05, 0.1) is 18.8 Å². The van der Waals surface area contributed by atoms with E-state index < -0.39 is 20.7 Å². The average Bonchev–Trinajstić information content (AvgIpc) is 2.57. The van der Waals surface area contributed by atoms with E-state index in [1.54, 1.807) is 0 Å². The number of rotatable bonds is 3. The highest BCUT2D eigenvalue weighted by atomic mass is 28.4. The summed E-state index contributed by atoms with van der Waals surface area (Å²) < 4.78 is 18.8. The van der Waals surface area contributed by atoms with Crippen molar-refractivity contribution < 1.29 is 19.0 Å². The topological polar surface area (TPSA) is 47.9 Å². The van der Waals surface area contributed by atoms with E-state index in [0.717, 1.165) is 5.56 Å². The molecule has 1 fully saturated rings. The average molecular weight is 363 g/mol. The van der Waals surface area contributed by atoms with Gasteiger partial charge in [0.25, 0.3) is 0 Å². The third kappa shape index (κ3) is 3.91. The molecular formula is C20H30O4Si. The van der Waals surface area contributed by atoms with Crippen LogP contribution in [-0.4, -0.2) is 38.3 Å². The molecule has 138 valence electrons. The van der Waals surface area contributed by atoms with Crippen LogP contribution >= 0.6 is 0 Å². The van der Waals surface area contributed by atoms with E-state index in [1.807, 2.05) is 42.5 Å². The minimum absolute atomic E-state index is 0.0768. The van der Waals surface area contributed by atoms with Crippen molar-refractivity contribution in [1.82, 2.24) is 0 Å². The highest BCUT2D eigenvalue weighted by Gasteiger charge is 2.47. The minimum atomic E-state index is -2.03. The lowest BCUT2D eigenvalue weighted by molar-refractivity contribution is -0.260. The zero-order chi connectivity index (χ0) is 18.2. The van der Waals surface area contributed by atoms with Gasteiger partial charge in [-0.05, 0) is 18.1 Å². The van der Waals surface area contributed by atoms with Crippen molar-refractivity contribution in [3.05, 3.63) is 48.0 Å². The van der Waals surface area contributed by atoms with Crippen LogP contribution in [0.5, 0.6) is 0 Å². The first-order chi connectivity index (χ1) is 11.7. The fourth-order valence-electron chi connectivity index (χ4n) is 3.06. The molecule has 2 aliphatic rings. The maximum Gasteiger partial charge on any atom is 0.192 e. The number of hydrogen-bond donors (Lipinski definition) is 1. The molecule has 5 atom stereocenters. The molecule has 0 spiro atoms. The summed E-state index contributed by atoms with van der Waals surface area (Å²) >= 11 is 0. The molecule has 1 N–H and O–H groups in total. The molecule has 4 nitrogen and oxygen atoms in total. The van der Waals surface area contributed by atoms with Crippen LogP contribution in [0.1, 0.15) is 32.6 Å². The van der Waals surface area contributed by atoms with Gasteiger partial charge in [0.15, 0.2) is 14.6 Å². The smallest absolute Gasteiger partial charge is 0.192 e. The first-order valence-corrected chi connectivity index (χ1v) is 12.0. The van der Waals surface area contributed by atoms with Crippen LogP contribution in [0.25, 0.3) is 0 Å². The quantitative estimate of drug-likeness (QED) is 0.651. The zero-order valence-electron chi connectivity index (χ0n) is 15.8. The van der Waals surface area contributed by atoms with Crippen molar-refractivity contribution in [2.24, 2.45) is 5.92 Å². The lowest BCUT2D eigenvalue weighted by Crippen LogP contribution is -2.56. The van der Waals surface area contributed by atoms with E-state index in [1.165, 1.54) is 0 Å². The molecule has 0 aromatic heterocycles. The predicted molar refractivity (Wildman–Crippen MR) is 101 cm³/mol. The fraction of sp³-hybridized carbons (Fsp3) is 0.600. The standard InChI is InChI=1S/C20H30O4Si/c1-20(2,3)25(4,5)24-18-16(21)12-11-15-13-22-19(23-17(15)18)14-9-7-6-8-10-14/h6-12,15-19,21H,13H2,1-5H3/t15-,16+,17-,18-,19?/m1/s1. The molecule has 25 heavy (non-hydrogen) atoms. The van der Waals surface area contributed by atoms with Gasteiger partial charge in [-0.2, -0.15) is 0 Å². The Morgan fingerprint density at radius 2 is 1.80 bits per heavy atom. The van der Waals surface area contributed by atoms with Gasteiger partial charge in [-0.15, -0.1) is 0 Å². The van der Waals surface area contributed by atoms with Gasteiger partial charge in [-0.25, -0.2) is 0 Å². The summed E-state index contributed by atoms with van der Waals surface area (Å²) in [5.74, 6) is 0.109. The number of fused-ring (bicyclic) bond motifs is 1. The molecule has 1 unspecified atom stereocenters.